The molecule has 0 bridgehead atoms. The number of hydrogen-bond donors (Lipinski definition) is 3. The highest BCUT2D eigenvalue weighted by Crippen LogP contribution is 2.33. The van der Waals surface area contributed by atoms with Gasteiger partial charge >= 0.3 is 6.03 Å². The second-order valence-electron chi connectivity index (χ2n) is 8.28. The molecule has 2 rings (SSSR count). The van der Waals surface area contributed by atoms with Crippen molar-refractivity contribution in [1.82, 2.24) is 4.72 Å². The topological polar surface area (TPSA) is 123 Å². The van der Waals surface area contributed by atoms with Crippen molar-refractivity contribution in [2.45, 2.75) is 53.4 Å². The van der Waals surface area contributed by atoms with E-state index < -0.39 is 16.1 Å². The number of hydrogen-bond acceptors (Lipinski definition) is 6. The molecular formula is C21H32N4O4S. The lowest BCUT2D eigenvalue weighted by Gasteiger charge is -2.22. The Morgan fingerprint density at radius 1 is 1.23 bits per heavy atom. The smallest absolute Gasteiger partial charge is 0.333 e. The summed E-state index contributed by atoms with van der Waals surface area (Å²) < 4.78 is 32.9. The minimum absolute atomic E-state index is 0.0861. The summed E-state index contributed by atoms with van der Waals surface area (Å²) in [5.74, 6) is 0.371. The van der Waals surface area contributed by atoms with Crippen LogP contribution < -0.4 is 15.8 Å². The van der Waals surface area contributed by atoms with Gasteiger partial charge in [0, 0.05) is 24.4 Å². The molecule has 1 aromatic rings. The quantitative estimate of drug-likeness (QED) is 0.629. The number of amides is 2. The molecule has 30 heavy (non-hydrogen) atoms. The van der Waals surface area contributed by atoms with Gasteiger partial charge in [-0.15, -0.1) is 0 Å². The maximum Gasteiger partial charge on any atom is 0.333 e. The summed E-state index contributed by atoms with van der Waals surface area (Å²) in [5, 5.41) is 2.74. The third-order valence-electron chi connectivity index (χ3n) is 4.76. The van der Waals surface area contributed by atoms with Crippen LogP contribution in [0.25, 0.3) is 0 Å². The van der Waals surface area contributed by atoms with E-state index in [0.29, 0.717) is 18.8 Å². The molecule has 8 nitrogen and oxygen atoms in total. The van der Waals surface area contributed by atoms with Gasteiger partial charge in [0.25, 0.3) is 10.0 Å². The van der Waals surface area contributed by atoms with Gasteiger partial charge in [-0.05, 0) is 29.9 Å². The monoisotopic (exact) mass is 436 g/mol. The molecule has 1 aromatic carbocycles. The summed E-state index contributed by atoms with van der Waals surface area (Å²) in [6.45, 7) is 12.8. The molecule has 2 amide bonds. The van der Waals surface area contributed by atoms with Crippen molar-refractivity contribution in [2.75, 3.05) is 18.5 Å². The van der Waals surface area contributed by atoms with Crippen LogP contribution in [0.1, 0.15) is 63.1 Å². The molecule has 0 spiro atoms. The highest BCUT2D eigenvalue weighted by Gasteiger charge is 2.29. The lowest BCUT2D eigenvalue weighted by molar-refractivity contribution is 0.233. The van der Waals surface area contributed by atoms with Crippen molar-refractivity contribution in [3.8, 4) is 0 Å². The average Bonchev–Trinajstić information content (AvgIpc) is 2.63. The lowest BCUT2D eigenvalue weighted by atomic mass is 9.90. The van der Waals surface area contributed by atoms with E-state index in [1.165, 1.54) is 0 Å². The number of nitrogens with one attached hydrogen (secondary N) is 2. The largest absolute Gasteiger partial charge is 0.477 e. The van der Waals surface area contributed by atoms with Crippen LogP contribution in [0.2, 0.25) is 0 Å². The first-order valence-corrected chi connectivity index (χ1v) is 11.5. The van der Waals surface area contributed by atoms with E-state index in [9.17, 15) is 13.2 Å². The Kier molecular flexibility index (Phi) is 7.52. The molecule has 0 aliphatic carbocycles. The lowest BCUT2D eigenvalue weighted by Crippen LogP contribution is -2.39. The summed E-state index contributed by atoms with van der Waals surface area (Å²) in [6.07, 6.45) is 0.884. The number of carbonyl (C=O) groups excluding carboxylic acids is 1. The van der Waals surface area contributed by atoms with Crippen LogP contribution in [-0.2, 0) is 14.8 Å². The van der Waals surface area contributed by atoms with Gasteiger partial charge in [-0.2, -0.15) is 0 Å². The maximum absolute atomic E-state index is 12.8. The third-order valence-corrected chi connectivity index (χ3v) is 6.10. The average molecular weight is 437 g/mol. The Bertz CT molecular complexity index is 936. The van der Waals surface area contributed by atoms with Crippen molar-refractivity contribution >= 4 is 27.6 Å². The van der Waals surface area contributed by atoms with E-state index in [1.54, 1.807) is 0 Å². The van der Waals surface area contributed by atoms with E-state index >= 15 is 0 Å². The van der Waals surface area contributed by atoms with Gasteiger partial charge in [-0.25, -0.2) is 17.9 Å². The van der Waals surface area contributed by atoms with Crippen molar-refractivity contribution in [1.29, 1.82) is 0 Å². The predicted octanol–water partition coefficient (Wildman–Crippen LogP) is 3.56. The van der Waals surface area contributed by atoms with Crippen molar-refractivity contribution in [2.24, 2.45) is 16.6 Å². The van der Waals surface area contributed by atoms with Gasteiger partial charge in [-0.3, -0.25) is 4.99 Å². The van der Waals surface area contributed by atoms with Gasteiger partial charge in [0.15, 0.2) is 4.91 Å². The molecule has 9 heteroatoms. The minimum atomic E-state index is -4.26. The van der Waals surface area contributed by atoms with Crippen molar-refractivity contribution in [3.05, 3.63) is 39.9 Å². The van der Waals surface area contributed by atoms with E-state index in [-0.39, 0.29) is 28.6 Å². The second kappa shape index (κ2) is 9.51. The molecule has 4 N–H and O–H groups in total. The van der Waals surface area contributed by atoms with Gasteiger partial charge in [-0.1, -0.05) is 52.3 Å². The summed E-state index contributed by atoms with van der Waals surface area (Å²) in [6, 6.07) is 3.13. The Balaban J connectivity index is 2.31. The van der Waals surface area contributed by atoms with Gasteiger partial charge < -0.3 is 15.8 Å². The summed E-state index contributed by atoms with van der Waals surface area (Å²) >= 11 is 0. The first-order valence-electron chi connectivity index (χ1n) is 10.0. The molecule has 0 fully saturated rings. The van der Waals surface area contributed by atoms with Crippen LogP contribution in [0.4, 0.5) is 10.5 Å². The molecule has 0 aromatic heterocycles. The zero-order chi connectivity index (χ0) is 22.6. The molecule has 0 saturated heterocycles. The molecule has 1 aliphatic heterocycles. The van der Waals surface area contributed by atoms with Crippen LogP contribution in [0, 0.1) is 12.8 Å². The minimum Gasteiger partial charge on any atom is -0.477 e. The first kappa shape index (κ1) is 23.7. The second-order valence-corrected chi connectivity index (χ2v) is 9.93. The van der Waals surface area contributed by atoms with E-state index in [1.807, 2.05) is 58.4 Å². The van der Waals surface area contributed by atoms with Crippen LogP contribution in [-0.4, -0.2) is 33.5 Å². The van der Waals surface area contributed by atoms with E-state index in [4.69, 9.17) is 10.5 Å². The third kappa shape index (κ3) is 5.53. The van der Waals surface area contributed by atoms with Gasteiger partial charge in [0.1, 0.15) is 0 Å². The Labute approximate surface area is 179 Å². The van der Waals surface area contributed by atoms with E-state index in [2.05, 4.69) is 10.3 Å². The van der Waals surface area contributed by atoms with E-state index in [0.717, 1.165) is 22.9 Å². The number of benzene rings is 1. The zero-order valence-electron chi connectivity index (χ0n) is 18.4. The van der Waals surface area contributed by atoms with Crippen LogP contribution in [0.3, 0.4) is 0 Å². The fourth-order valence-electron chi connectivity index (χ4n) is 3.20. The summed E-state index contributed by atoms with van der Waals surface area (Å²) in [4.78, 5) is 16.4. The molecule has 0 saturated carbocycles. The molecule has 1 atom stereocenters. The molecule has 0 unspecified atom stereocenters. The normalized spacial score (nSPS) is 17.5. The van der Waals surface area contributed by atoms with Gasteiger partial charge in [0.05, 0.1) is 6.61 Å². The fraction of sp³-hybridized carbons (Fsp3) is 0.524. The first-order chi connectivity index (χ1) is 14.0. The number of urea groups is 1. The SMILES string of the molecule is Cc1cc(C(C)C)c(NC(=O)NS(=O)(=O)C(=CN)C2=NC[C@@H](C)CO2)c(C(C)C)c1. The number of aryl methyl sites for hydroxylation is 1. The number of aliphatic imine (C=N–C) groups is 1. The number of sulfonamides is 1. The fourth-order valence-corrected chi connectivity index (χ4v) is 4.14. The Hall–Kier alpha value is -2.55. The predicted molar refractivity (Wildman–Crippen MR) is 120 cm³/mol. The number of nitrogens with two attached hydrogens (primary N) is 1. The Morgan fingerprint density at radius 3 is 2.23 bits per heavy atom. The highest BCUT2D eigenvalue weighted by molar-refractivity contribution is 7.94. The maximum atomic E-state index is 12.8. The van der Waals surface area contributed by atoms with Crippen LogP contribution >= 0.6 is 0 Å². The highest BCUT2D eigenvalue weighted by atomic mass is 32.2. The number of anilines is 1. The number of rotatable bonds is 6. The molecular weight excluding hydrogens is 404 g/mol. The Morgan fingerprint density at radius 2 is 1.80 bits per heavy atom. The summed E-state index contributed by atoms with van der Waals surface area (Å²) in [5.41, 5.74) is 9.10. The number of ether oxygens (including phenoxy) is 1. The van der Waals surface area contributed by atoms with Crippen molar-refractivity contribution < 1.29 is 17.9 Å². The molecule has 0 radical (unpaired) electrons. The van der Waals surface area contributed by atoms with Crippen molar-refractivity contribution in [3.63, 3.8) is 0 Å². The molecule has 166 valence electrons. The van der Waals surface area contributed by atoms with Crippen LogP contribution in [0.5, 0.6) is 0 Å². The van der Waals surface area contributed by atoms with Crippen LogP contribution in [0.15, 0.2) is 28.2 Å². The molecule has 1 heterocycles. The molecule has 1 aliphatic rings. The number of carbonyl (C=O) groups is 1. The number of nitrogens with zero attached hydrogens (tertiary/aromatic N) is 1. The van der Waals surface area contributed by atoms with Gasteiger partial charge in [0.2, 0.25) is 5.90 Å². The standard InChI is InChI=1S/C21H32N4O4S/c1-12(2)16-7-14(5)8-17(13(3)4)19(16)24-21(26)25-30(27,28)18(9-22)20-23-10-15(6)11-29-20/h7-9,12-13,15H,10-11,22H2,1-6H3,(H2,24,25,26)/t15-/m1/s1. The zero-order valence-corrected chi connectivity index (χ0v) is 19.3. The summed E-state index contributed by atoms with van der Waals surface area (Å²) in [7, 11) is -4.26.